The molecule has 0 fully saturated rings. The van der Waals surface area contributed by atoms with Gasteiger partial charge >= 0.3 is 0 Å². The number of nitrogens with one attached hydrogen (secondary N) is 1. The number of nitrogens with two attached hydrogens (primary N) is 1. The van der Waals surface area contributed by atoms with Gasteiger partial charge in [-0.3, -0.25) is 4.79 Å². The van der Waals surface area contributed by atoms with Crippen LogP contribution < -0.4 is 11.1 Å². The molecule has 2 aromatic heterocycles. The highest BCUT2D eigenvalue weighted by atomic mass is 16.1. The van der Waals surface area contributed by atoms with Crippen molar-refractivity contribution in [2.24, 2.45) is 0 Å². The number of nitrogen functional groups attached to an aromatic ring is 1. The lowest BCUT2D eigenvalue weighted by Crippen LogP contribution is -2.22. The number of carbonyl (C=O) groups excluding carboxylic acids is 1. The van der Waals surface area contributed by atoms with Crippen molar-refractivity contribution in [3.63, 3.8) is 0 Å². The van der Waals surface area contributed by atoms with Crippen molar-refractivity contribution in [3.05, 3.63) is 78.0 Å². The van der Waals surface area contributed by atoms with Crippen LogP contribution in [-0.2, 0) is 13.1 Å². The first-order valence-corrected chi connectivity index (χ1v) is 9.94. The summed E-state index contributed by atoms with van der Waals surface area (Å²) in [6, 6.07) is 20.0. The van der Waals surface area contributed by atoms with Gasteiger partial charge in [-0.2, -0.15) is 0 Å². The van der Waals surface area contributed by atoms with E-state index in [1.165, 1.54) is 10.9 Å². The summed E-state index contributed by atoms with van der Waals surface area (Å²) in [5, 5.41) is 6.28. The number of aromatic nitrogens is 3. The highest BCUT2D eigenvalue weighted by molar-refractivity contribution is 6.10. The maximum Gasteiger partial charge on any atom is 0.251 e. The number of para-hydroxylation sites is 1. The predicted octanol–water partition coefficient (Wildman–Crippen LogP) is 4.27. The molecule has 148 valence electrons. The Balaban J connectivity index is 1.42. The summed E-state index contributed by atoms with van der Waals surface area (Å²) in [6.07, 6.45) is 1.69. The molecule has 3 aromatic carbocycles. The topological polar surface area (TPSA) is 85.8 Å². The molecule has 3 N–H and O–H groups in total. The van der Waals surface area contributed by atoms with Crippen LogP contribution in [-0.4, -0.2) is 20.4 Å². The monoisotopic (exact) mass is 395 g/mol. The minimum atomic E-state index is -0.0986. The van der Waals surface area contributed by atoms with Gasteiger partial charge in [0.15, 0.2) is 0 Å². The van der Waals surface area contributed by atoms with Crippen LogP contribution >= 0.6 is 0 Å². The Morgan fingerprint density at radius 2 is 1.87 bits per heavy atom. The van der Waals surface area contributed by atoms with Gasteiger partial charge < -0.3 is 15.6 Å². The van der Waals surface area contributed by atoms with Gasteiger partial charge in [0.1, 0.15) is 0 Å². The number of anilines is 1. The third kappa shape index (κ3) is 3.03. The second-order valence-electron chi connectivity index (χ2n) is 7.30. The van der Waals surface area contributed by atoms with E-state index in [1.807, 2.05) is 48.5 Å². The van der Waals surface area contributed by atoms with Gasteiger partial charge in [-0.15, -0.1) is 0 Å². The normalized spacial score (nSPS) is 11.4. The molecule has 0 aliphatic rings. The van der Waals surface area contributed by atoms with E-state index < -0.39 is 0 Å². The van der Waals surface area contributed by atoms with E-state index in [4.69, 9.17) is 5.73 Å². The number of amides is 1. The van der Waals surface area contributed by atoms with Crippen LogP contribution in [0.3, 0.4) is 0 Å². The summed E-state index contributed by atoms with van der Waals surface area (Å²) in [6.45, 7) is 3.39. The average Bonchev–Trinajstić information content (AvgIpc) is 3.10. The Morgan fingerprint density at radius 3 is 2.73 bits per heavy atom. The first kappa shape index (κ1) is 18.1. The molecule has 6 nitrogen and oxygen atoms in total. The molecule has 0 aliphatic carbocycles. The molecule has 0 saturated heterocycles. The van der Waals surface area contributed by atoms with Crippen LogP contribution in [0.1, 0.15) is 22.8 Å². The molecule has 2 heterocycles. The molecule has 5 aromatic rings. The summed E-state index contributed by atoms with van der Waals surface area (Å²) < 4.78 is 2.25. The fourth-order valence-electron chi connectivity index (χ4n) is 4.02. The van der Waals surface area contributed by atoms with Crippen LogP contribution in [0, 0.1) is 0 Å². The van der Waals surface area contributed by atoms with Crippen molar-refractivity contribution in [2.45, 2.75) is 20.0 Å². The van der Waals surface area contributed by atoms with Gasteiger partial charge in [-0.1, -0.05) is 30.3 Å². The molecule has 5 rings (SSSR count). The predicted molar refractivity (Wildman–Crippen MR) is 120 cm³/mol. The zero-order chi connectivity index (χ0) is 20.7. The number of fused-ring (bicyclic) bond motifs is 4. The summed E-state index contributed by atoms with van der Waals surface area (Å²) in [4.78, 5) is 21.1. The standard InChI is InChI=1S/C24H21N5O/c1-2-29-21-6-4-3-5-18(21)19-9-8-16(12-22(19)29)23(30)26-13-15-7-10-20-17(11-15)14-27-24(25)28-20/h3-12,14H,2,13H2,1H3,(H,26,30)(H2,25,27,28). The first-order chi connectivity index (χ1) is 14.6. The highest BCUT2D eigenvalue weighted by Crippen LogP contribution is 2.29. The van der Waals surface area contributed by atoms with Gasteiger partial charge in [0.05, 0.1) is 5.52 Å². The molecular weight excluding hydrogens is 374 g/mol. The Kier molecular flexibility index (Phi) is 4.32. The van der Waals surface area contributed by atoms with Crippen molar-refractivity contribution in [1.82, 2.24) is 19.9 Å². The molecule has 6 heteroatoms. The zero-order valence-corrected chi connectivity index (χ0v) is 16.6. The number of hydrogen-bond acceptors (Lipinski definition) is 4. The number of nitrogens with zero attached hydrogens (tertiary/aromatic N) is 3. The Bertz CT molecular complexity index is 1420. The van der Waals surface area contributed by atoms with Gasteiger partial charge in [0.2, 0.25) is 5.95 Å². The summed E-state index contributed by atoms with van der Waals surface area (Å²) >= 11 is 0. The third-order valence-corrected chi connectivity index (χ3v) is 5.47. The van der Waals surface area contributed by atoms with E-state index >= 15 is 0 Å². The van der Waals surface area contributed by atoms with E-state index in [2.05, 4.69) is 38.9 Å². The maximum absolute atomic E-state index is 12.8. The zero-order valence-electron chi connectivity index (χ0n) is 16.6. The quantitative estimate of drug-likeness (QED) is 0.476. The van der Waals surface area contributed by atoms with Crippen LogP contribution in [0.15, 0.2) is 66.9 Å². The fraction of sp³-hybridized carbons (Fsp3) is 0.125. The van der Waals surface area contributed by atoms with Crippen LogP contribution in [0.2, 0.25) is 0 Å². The van der Waals surface area contributed by atoms with Gasteiger partial charge in [-0.25, -0.2) is 9.97 Å². The number of aryl methyl sites for hydroxylation is 1. The molecule has 0 bridgehead atoms. The van der Waals surface area contributed by atoms with Crippen LogP contribution in [0.5, 0.6) is 0 Å². The van der Waals surface area contributed by atoms with Gasteiger partial charge in [0, 0.05) is 52.0 Å². The molecule has 1 amide bonds. The van der Waals surface area contributed by atoms with E-state index in [-0.39, 0.29) is 11.9 Å². The van der Waals surface area contributed by atoms with E-state index in [0.29, 0.717) is 12.1 Å². The number of rotatable bonds is 4. The smallest absolute Gasteiger partial charge is 0.251 e. The largest absolute Gasteiger partial charge is 0.368 e. The van der Waals surface area contributed by atoms with Crippen molar-refractivity contribution < 1.29 is 4.79 Å². The van der Waals surface area contributed by atoms with Crippen LogP contribution in [0.4, 0.5) is 5.95 Å². The average molecular weight is 395 g/mol. The third-order valence-electron chi connectivity index (χ3n) is 5.47. The summed E-state index contributed by atoms with van der Waals surface area (Å²) in [5.74, 6) is 0.155. The van der Waals surface area contributed by atoms with Crippen molar-refractivity contribution in [1.29, 1.82) is 0 Å². The van der Waals surface area contributed by atoms with E-state index in [9.17, 15) is 4.79 Å². The SMILES string of the molecule is CCn1c2ccccc2c2ccc(C(=O)NCc3ccc4nc(N)ncc4c3)cc21. The molecule has 0 radical (unpaired) electrons. The number of carbonyl (C=O) groups is 1. The number of hydrogen-bond donors (Lipinski definition) is 2. The molecule has 0 aliphatic heterocycles. The van der Waals surface area contributed by atoms with Gasteiger partial charge in [-0.05, 0) is 42.8 Å². The molecule has 0 unspecified atom stereocenters. The Morgan fingerprint density at radius 1 is 1.03 bits per heavy atom. The summed E-state index contributed by atoms with van der Waals surface area (Å²) in [5.41, 5.74) is 10.3. The first-order valence-electron chi connectivity index (χ1n) is 9.94. The lowest BCUT2D eigenvalue weighted by molar-refractivity contribution is 0.0951. The lowest BCUT2D eigenvalue weighted by Gasteiger charge is -2.08. The number of benzene rings is 3. The highest BCUT2D eigenvalue weighted by Gasteiger charge is 2.13. The van der Waals surface area contributed by atoms with Crippen molar-refractivity contribution in [3.8, 4) is 0 Å². The van der Waals surface area contributed by atoms with Crippen molar-refractivity contribution >= 4 is 44.6 Å². The van der Waals surface area contributed by atoms with Gasteiger partial charge in [0.25, 0.3) is 5.91 Å². The van der Waals surface area contributed by atoms with Crippen molar-refractivity contribution in [2.75, 3.05) is 5.73 Å². The van der Waals surface area contributed by atoms with E-state index in [1.54, 1.807) is 6.20 Å². The summed E-state index contributed by atoms with van der Waals surface area (Å²) in [7, 11) is 0. The molecule has 0 spiro atoms. The second-order valence-corrected chi connectivity index (χ2v) is 7.30. The lowest BCUT2D eigenvalue weighted by atomic mass is 10.1. The molecule has 0 saturated carbocycles. The maximum atomic E-state index is 12.8. The molecule has 0 atom stereocenters. The van der Waals surface area contributed by atoms with E-state index in [0.717, 1.165) is 33.9 Å². The van der Waals surface area contributed by atoms with Crippen LogP contribution in [0.25, 0.3) is 32.7 Å². The minimum absolute atomic E-state index is 0.0986. The Labute approximate surface area is 173 Å². The second kappa shape index (κ2) is 7.15. The minimum Gasteiger partial charge on any atom is -0.368 e. The molecular formula is C24H21N5O. The Hall–Kier alpha value is -3.93. The molecule has 30 heavy (non-hydrogen) atoms. The fourth-order valence-corrected chi connectivity index (χ4v) is 4.02.